The van der Waals surface area contributed by atoms with E-state index in [0.717, 1.165) is 36.2 Å². The molecule has 0 aliphatic heterocycles. The highest BCUT2D eigenvalue weighted by Crippen LogP contribution is 2.28. The molecule has 0 aromatic heterocycles. The van der Waals surface area contributed by atoms with Gasteiger partial charge in [-0.05, 0) is 50.5 Å². The molecule has 0 spiro atoms. The Bertz CT molecular complexity index is 410. The van der Waals surface area contributed by atoms with Gasteiger partial charge in [0.1, 0.15) is 0 Å². The second kappa shape index (κ2) is 4.16. The summed E-state index contributed by atoms with van der Waals surface area (Å²) in [4.78, 5) is 14.2. The van der Waals surface area contributed by atoms with Gasteiger partial charge in [-0.15, -0.1) is 0 Å². The fraction of sp³-hybridized carbons (Fsp3) is 0.462. The lowest BCUT2D eigenvalue weighted by Gasteiger charge is -2.20. The van der Waals surface area contributed by atoms with Crippen molar-refractivity contribution >= 4 is 11.6 Å². The molecule has 0 heterocycles. The van der Waals surface area contributed by atoms with Crippen LogP contribution in [0.5, 0.6) is 0 Å². The van der Waals surface area contributed by atoms with Crippen molar-refractivity contribution in [3.8, 4) is 0 Å². The van der Waals surface area contributed by atoms with Crippen molar-refractivity contribution in [2.75, 3.05) is 12.3 Å². The number of nitrogens with two attached hydrogens (primary N) is 1. The van der Waals surface area contributed by atoms with E-state index >= 15 is 0 Å². The molecule has 0 saturated heterocycles. The average Bonchev–Trinajstić information content (AvgIpc) is 3.07. The number of hydrogen-bond donors (Lipinski definition) is 1. The quantitative estimate of drug-likeness (QED) is 0.790. The van der Waals surface area contributed by atoms with Crippen LogP contribution in [0.15, 0.2) is 18.2 Å². The van der Waals surface area contributed by atoms with Crippen molar-refractivity contribution in [2.45, 2.75) is 32.7 Å². The Morgan fingerprint density at radius 2 is 2.19 bits per heavy atom. The molecule has 1 aliphatic rings. The molecule has 1 saturated carbocycles. The summed E-state index contributed by atoms with van der Waals surface area (Å²) in [6.45, 7) is 4.74. The van der Waals surface area contributed by atoms with Crippen molar-refractivity contribution in [3.63, 3.8) is 0 Å². The third kappa shape index (κ3) is 2.03. The van der Waals surface area contributed by atoms with Crippen molar-refractivity contribution in [2.24, 2.45) is 0 Å². The first kappa shape index (κ1) is 11.0. The number of benzene rings is 1. The molecule has 0 bridgehead atoms. The predicted molar refractivity (Wildman–Crippen MR) is 65.3 cm³/mol. The van der Waals surface area contributed by atoms with Gasteiger partial charge in [0, 0.05) is 23.8 Å². The van der Waals surface area contributed by atoms with Crippen LogP contribution in [0, 0.1) is 6.92 Å². The van der Waals surface area contributed by atoms with Gasteiger partial charge in [-0.3, -0.25) is 4.79 Å². The second-order valence-electron chi connectivity index (χ2n) is 4.39. The van der Waals surface area contributed by atoms with Crippen molar-refractivity contribution in [1.82, 2.24) is 4.90 Å². The van der Waals surface area contributed by atoms with E-state index in [2.05, 4.69) is 0 Å². The third-order valence-corrected chi connectivity index (χ3v) is 3.11. The summed E-state index contributed by atoms with van der Waals surface area (Å²) in [7, 11) is 0. The van der Waals surface area contributed by atoms with E-state index in [1.165, 1.54) is 0 Å². The predicted octanol–water partition coefficient (Wildman–Crippen LogP) is 2.20. The normalized spacial score (nSPS) is 14.9. The first-order valence-electron chi connectivity index (χ1n) is 5.80. The minimum atomic E-state index is 0.133. The number of amides is 1. The van der Waals surface area contributed by atoms with Gasteiger partial charge in [0.2, 0.25) is 0 Å². The molecule has 3 nitrogen and oxygen atoms in total. The molecular formula is C13H18N2O. The molecular weight excluding hydrogens is 200 g/mol. The summed E-state index contributed by atoms with van der Waals surface area (Å²) in [6, 6.07) is 5.97. The SMILES string of the molecule is CCN(C(=O)c1ccc(N)c(C)c1)C1CC1. The Morgan fingerprint density at radius 1 is 1.50 bits per heavy atom. The van der Waals surface area contributed by atoms with Crippen LogP contribution in [0.1, 0.15) is 35.7 Å². The molecule has 0 radical (unpaired) electrons. The van der Waals surface area contributed by atoms with Crippen LogP contribution in [-0.4, -0.2) is 23.4 Å². The van der Waals surface area contributed by atoms with Gasteiger partial charge in [-0.2, -0.15) is 0 Å². The number of nitrogen functional groups attached to an aromatic ring is 1. The maximum Gasteiger partial charge on any atom is 0.254 e. The number of carbonyl (C=O) groups excluding carboxylic acids is 1. The average molecular weight is 218 g/mol. The fourth-order valence-electron chi connectivity index (χ4n) is 1.93. The van der Waals surface area contributed by atoms with Gasteiger partial charge in [-0.1, -0.05) is 0 Å². The minimum Gasteiger partial charge on any atom is -0.399 e. The zero-order valence-electron chi connectivity index (χ0n) is 9.86. The van der Waals surface area contributed by atoms with Crippen LogP contribution in [0.25, 0.3) is 0 Å². The molecule has 16 heavy (non-hydrogen) atoms. The summed E-state index contributed by atoms with van der Waals surface area (Å²) in [5.74, 6) is 0.133. The van der Waals surface area contributed by atoms with Crippen LogP contribution in [0.4, 0.5) is 5.69 Å². The van der Waals surface area contributed by atoms with Gasteiger partial charge in [0.15, 0.2) is 0 Å². The van der Waals surface area contributed by atoms with Crippen LogP contribution in [-0.2, 0) is 0 Å². The maximum absolute atomic E-state index is 12.2. The molecule has 86 valence electrons. The molecule has 2 N–H and O–H groups in total. The number of anilines is 1. The fourth-order valence-corrected chi connectivity index (χ4v) is 1.93. The summed E-state index contributed by atoms with van der Waals surface area (Å²) in [5.41, 5.74) is 8.21. The van der Waals surface area contributed by atoms with Gasteiger partial charge >= 0.3 is 0 Å². The van der Waals surface area contributed by atoms with Gasteiger partial charge in [0.25, 0.3) is 5.91 Å². The largest absolute Gasteiger partial charge is 0.399 e. The van der Waals surface area contributed by atoms with E-state index in [1.807, 2.05) is 36.9 Å². The number of aryl methyl sites for hydroxylation is 1. The lowest BCUT2D eigenvalue weighted by Crippen LogP contribution is -2.32. The highest BCUT2D eigenvalue weighted by Gasteiger charge is 2.31. The first-order valence-corrected chi connectivity index (χ1v) is 5.80. The van der Waals surface area contributed by atoms with E-state index in [9.17, 15) is 4.79 Å². The van der Waals surface area contributed by atoms with E-state index < -0.39 is 0 Å². The van der Waals surface area contributed by atoms with Crippen LogP contribution in [0.3, 0.4) is 0 Å². The molecule has 0 atom stereocenters. The maximum atomic E-state index is 12.2. The third-order valence-electron chi connectivity index (χ3n) is 3.11. The Balaban J connectivity index is 2.22. The minimum absolute atomic E-state index is 0.133. The van der Waals surface area contributed by atoms with Crippen LogP contribution in [0.2, 0.25) is 0 Å². The molecule has 1 aliphatic carbocycles. The smallest absolute Gasteiger partial charge is 0.254 e. The summed E-state index contributed by atoms with van der Waals surface area (Å²) >= 11 is 0. The van der Waals surface area contributed by atoms with Crippen LogP contribution < -0.4 is 5.73 Å². The molecule has 1 aromatic rings. The van der Waals surface area contributed by atoms with E-state index in [1.54, 1.807) is 0 Å². The number of nitrogens with zero attached hydrogens (tertiary/aromatic N) is 1. The summed E-state index contributed by atoms with van der Waals surface area (Å²) in [6.07, 6.45) is 2.29. The molecule has 1 fully saturated rings. The lowest BCUT2D eigenvalue weighted by molar-refractivity contribution is 0.0752. The number of hydrogen-bond acceptors (Lipinski definition) is 2. The van der Waals surface area contributed by atoms with E-state index in [-0.39, 0.29) is 5.91 Å². The van der Waals surface area contributed by atoms with Crippen molar-refractivity contribution < 1.29 is 4.79 Å². The Labute approximate surface area is 96.2 Å². The van der Waals surface area contributed by atoms with Crippen molar-refractivity contribution in [1.29, 1.82) is 0 Å². The van der Waals surface area contributed by atoms with Gasteiger partial charge < -0.3 is 10.6 Å². The topological polar surface area (TPSA) is 46.3 Å². The molecule has 1 aromatic carbocycles. The Morgan fingerprint density at radius 3 is 2.69 bits per heavy atom. The van der Waals surface area contributed by atoms with Gasteiger partial charge in [0.05, 0.1) is 0 Å². The second-order valence-corrected chi connectivity index (χ2v) is 4.39. The number of rotatable bonds is 3. The highest BCUT2D eigenvalue weighted by atomic mass is 16.2. The van der Waals surface area contributed by atoms with E-state index in [4.69, 9.17) is 5.73 Å². The lowest BCUT2D eigenvalue weighted by atomic mass is 10.1. The molecule has 0 unspecified atom stereocenters. The highest BCUT2D eigenvalue weighted by molar-refractivity contribution is 5.95. The molecule has 1 amide bonds. The molecule has 3 heteroatoms. The Kier molecular flexibility index (Phi) is 2.86. The summed E-state index contributed by atoms with van der Waals surface area (Å²) < 4.78 is 0. The monoisotopic (exact) mass is 218 g/mol. The van der Waals surface area contributed by atoms with Gasteiger partial charge in [-0.25, -0.2) is 0 Å². The zero-order chi connectivity index (χ0) is 11.7. The summed E-state index contributed by atoms with van der Waals surface area (Å²) in [5, 5.41) is 0. The van der Waals surface area contributed by atoms with E-state index in [0.29, 0.717) is 6.04 Å². The standard InChI is InChI=1S/C13H18N2O/c1-3-15(11-5-6-11)13(16)10-4-7-12(14)9(2)8-10/h4,7-8,11H,3,5-6,14H2,1-2H3. The first-order chi connectivity index (χ1) is 7.63. The molecule has 2 rings (SSSR count). The zero-order valence-corrected chi connectivity index (χ0v) is 9.86. The van der Waals surface area contributed by atoms with Crippen molar-refractivity contribution in [3.05, 3.63) is 29.3 Å². The van der Waals surface area contributed by atoms with Crippen LogP contribution >= 0.6 is 0 Å². The number of carbonyl (C=O) groups is 1. The Hall–Kier alpha value is -1.51.